The monoisotopic (exact) mass is 245 g/mol. The van der Waals surface area contributed by atoms with Crippen LogP contribution in [0.15, 0.2) is 18.2 Å². The van der Waals surface area contributed by atoms with Crippen molar-refractivity contribution < 1.29 is 4.74 Å². The molecule has 2 heteroatoms. The molecule has 3 rings (SSSR count). The highest BCUT2D eigenvalue weighted by Crippen LogP contribution is 2.58. The van der Waals surface area contributed by atoms with E-state index in [1.54, 1.807) is 0 Å². The summed E-state index contributed by atoms with van der Waals surface area (Å²) in [6.45, 7) is 6.89. The van der Waals surface area contributed by atoms with Crippen molar-refractivity contribution in [3.63, 3.8) is 0 Å². The maximum atomic E-state index is 6.13. The van der Waals surface area contributed by atoms with Gasteiger partial charge in [0.05, 0.1) is 13.2 Å². The smallest absolute Gasteiger partial charge is 0.0591 e. The fourth-order valence-electron chi connectivity index (χ4n) is 3.89. The van der Waals surface area contributed by atoms with E-state index in [0.29, 0.717) is 5.41 Å². The number of rotatable bonds is 3. The minimum atomic E-state index is 0.192. The molecule has 1 aliphatic heterocycles. The first-order valence-electron chi connectivity index (χ1n) is 6.99. The predicted octanol–water partition coefficient (Wildman–Crippen LogP) is 2.70. The largest absolute Gasteiger partial charge is 0.379 e. The van der Waals surface area contributed by atoms with Crippen LogP contribution in [0, 0.1) is 19.3 Å². The molecule has 0 atom stereocenters. The van der Waals surface area contributed by atoms with Crippen molar-refractivity contribution in [2.24, 2.45) is 11.1 Å². The van der Waals surface area contributed by atoms with Crippen molar-refractivity contribution >= 4 is 0 Å². The lowest BCUT2D eigenvalue weighted by atomic mass is 9.49. The van der Waals surface area contributed by atoms with Crippen molar-refractivity contribution in [1.29, 1.82) is 0 Å². The summed E-state index contributed by atoms with van der Waals surface area (Å²) >= 11 is 0. The quantitative estimate of drug-likeness (QED) is 0.888. The lowest BCUT2D eigenvalue weighted by Gasteiger charge is -2.60. The van der Waals surface area contributed by atoms with E-state index in [9.17, 15) is 0 Å². The van der Waals surface area contributed by atoms with E-state index in [1.165, 1.54) is 36.0 Å². The first kappa shape index (κ1) is 12.2. The van der Waals surface area contributed by atoms with E-state index >= 15 is 0 Å². The normalized spacial score (nSPS) is 24.2. The third-order valence-electron chi connectivity index (χ3n) is 5.31. The zero-order valence-corrected chi connectivity index (χ0v) is 11.5. The van der Waals surface area contributed by atoms with E-state index in [2.05, 4.69) is 32.0 Å². The molecular weight excluding hydrogens is 222 g/mol. The third-order valence-corrected chi connectivity index (χ3v) is 5.31. The average molecular weight is 245 g/mol. The van der Waals surface area contributed by atoms with Crippen molar-refractivity contribution in [2.45, 2.75) is 38.5 Å². The van der Waals surface area contributed by atoms with Crippen LogP contribution in [0.2, 0.25) is 0 Å². The Morgan fingerprint density at radius 3 is 2.33 bits per heavy atom. The van der Waals surface area contributed by atoms with Gasteiger partial charge in [0.15, 0.2) is 0 Å². The van der Waals surface area contributed by atoms with Crippen LogP contribution in [-0.2, 0) is 10.2 Å². The number of hydrogen-bond acceptors (Lipinski definition) is 2. The number of nitrogens with two attached hydrogens (primary N) is 1. The van der Waals surface area contributed by atoms with E-state index in [0.717, 1.165) is 19.8 Å². The standard InChI is InChI=1S/C16H23NO/c1-12-4-5-14(13(2)8-12)16(10-18-11-16)15(9-17)6-3-7-15/h4-5,8H,3,6-7,9-11,17H2,1-2H3. The summed E-state index contributed by atoms with van der Waals surface area (Å²) in [7, 11) is 0. The zero-order valence-electron chi connectivity index (χ0n) is 11.5. The number of hydrogen-bond donors (Lipinski definition) is 1. The van der Waals surface area contributed by atoms with Crippen LogP contribution in [0.25, 0.3) is 0 Å². The molecule has 1 heterocycles. The van der Waals surface area contributed by atoms with Gasteiger partial charge in [-0.1, -0.05) is 30.2 Å². The van der Waals surface area contributed by atoms with Crippen LogP contribution in [-0.4, -0.2) is 19.8 Å². The Balaban J connectivity index is 2.06. The molecule has 1 aliphatic carbocycles. The molecule has 0 amide bonds. The second-order valence-corrected chi connectivity index (χ2v) is 6.23. The molecule has 2 nitrogen and oxygen atoms in total. The Morgan fingerprint density at radius 2 is 1.94 bits per heavy atom. The minimum absolute atomic E-state index is 0.192. The molecule has 0 spiro atoms. The van der Waals surface area contributed by atoms with Gasteiger partial charge < -0.3 is 10.5 Å². The predicted molar refractivity (Wildman–Crippen MR) is 73.8 cm³/mol. The van der Waals surface area contributed by atoms with Gasteiger partial charge in [-0.15, -0.1) is 0 Å². The molecule has 1 saturated heterocycles. The molecule has 2 fully saturated rings. The molecule has 1 saturated carbocycles. The van der Waals surface area contributed by atoms with Gasteiger partial charge >= 0.3 is 0 Å². The maximum Gasteiger partial charge on any atom is 0.0591 e. The first-order chi connectivity index (χ1) is 8.63. The van der Waals surface area contributed by atoms with Gasteiger partial charge in [-0.3, -0.25) is 0 Å². The molecular formula is C16H23NO. The second kappa shape index (κ2) is 4.07. The Hall–Kier alpha value is -0.860. The maximum absolute atomic E-state index is 6.13. The molecule has 18 heavy (non-hydrogen) atoms. The number of ether oxygens (including phenoxy) is 1. The summed E-state index contributed by atoms with van der Waals surface area (Å²) in [5.74, 6) is 0. The van der Waals surface area contributed by atoms with Gasteiger partial charge in [0, 0.05) is 5.41 Å². The van der Waals surface area contributed by atoms with E-state index in [1.807, 2.05) is 0 Å². The highest BCUT2D eigenvalue weighted by Gasteiger charge is 2.59. The molecule has 98 valence electrons. The summed E-state index contributed by atoms with van der Waals surface area (Å²) in [5.41, 5.74) is 10.8. The average Bonchev–Trinajstić information content (AvgIpc) is 2.22. The fraction of sp³-hybridized carbons (Fsp3) is 0.625. The molecule has 2 aliphatic rings. The minimum Gasteiger partial charge on any atom is -0.379 e. The fourth-order valence-corrected chi connectivity index (χ4v) is 3.89. The van der Waals surface area contributed by atoms with Gasteiger partial charge in [-0.25, -0.2) is 0 Å². The Kier molecular flexibility index (Phi) is 2.76. The van der Waals surface area contributed by atoms with E-state index < -0.39 is 0 Å². The zero-order chi connectivity index (χ0) is 12.8. The van der Waals surface area contributed by atoms with Crippen molar-refractivity contribution in [1.82, 2.24) is 0 Å². The molecule has 0 bridgehead atoms. The summed E-state index contributed by atoms with van der Waals surface area (Å²) in [5, 5.41) is 0. The van der Waals surface area contributed by atoms with E-state index in [-0.39, 0.29) is 5.41 Å². The molecule has 1 aromatic carbocycles. The lowest BCUT2D eigenvalue weighted by molar-refractivity contribution is -0.154. The van der Waals surface area contributed by atoms with Gasteiger partial charge in [0.1, 0.15) is 0 Å². The van der Waals surface area contributed by atoms with Crippen LogP contribution >= 0.6 is 0 Å². The van der Waals surface area contributed by atoms with Gasteiger partial charge in [0.25, 0.3) is 0 Å². The van der Waals surface area contributed by atoms with Gasteiger partial charge in [0.2, 0.25) is 0 Å². The summed E-state index contributed by atoms with van der Waals surface area (Å²) < 4.78 is 5.61. The number of aryl methyl sites for hydroxylation is 2. The Bertz CT molecular complexity index is 453. The van der Waals surface area contributed by atoms with Crippen LogP contribution in [0.5, 0.6) is 0 Å². The number of benzene rings is 1. The Labute approximate surface area is 110 Å². The van der Waals surface area contributed by atoms with Gasteiger partial charge in [-0.2, -0.15) is 0 Å². The molecule has 0 radical (unpaired) electrons. The summed E-state index contributed by atoms with van der Waals surface area (Å²) in [4.78, 5) is 0. The van der Waals surface area contributed by atoms with Crippen LogP contribution in [0.3, 0.4) is 0 Å². The summed E-state index contributed by atoms with van der Waals surface area (Å²) in [6.07, 6.45) is 3.85. The summed E-state index contributed by atoms with van der Waals surface area (Å²) in [6, 6.07) is 6.83. The van der Waals surface area contributed by atoms with Crippen molar-refractivity contribution in [3.05, 3.63) is 34.9 Å². The highest BCUT2D eigenvalue weighted by atomic mass is 16.5. The Morgan fingerprint density at radius 1 is 1.22 bits per heavy atom. The van der Waals surface area contributed by atoms with Crippen LogP contribution < -0.4 is 5.73 Å². The van der Waals surface area contributed by atoms with Crippen molar-refractivity contribution in [3.8, 4) is 0 Å². The molecule has 0 aromatic heterocycles. The van der Waals surface area contributed by atoms with Crippen molar-refractivity contribution in [2.75, 3.05) is 19.8 Å². The molecule has 2 N–H and O–H groups in total. The van der Waals surface area contributed by atoms with Crippen LogP contribution in [0.4, 0.5) is 0 Å². The SMILES string of the molecule is Cc1ccc(C2(C3(CN)CCC3)COC2)c(C)c1. The van der Waals surface area contributed by atoms with Gasteiger partial charge in [-0.05, 0) is 49.8 Å². The van der Waals surface area contributed by atoms with E-state index in [4.69, 9.17) is 10.5 Å². The molecule has 0 unspecified atom stereocenters. The highest BCUT2D eigenvalue weighted by molar-refractivity contribution is 5.41. The third kappa shape index (κ3) is 1.42. The second-order valence-electron chi connectivity index (χ2n) is 6.23. The van der Waals surface area contributed by atoms with Crippen LogP contribution in [0.1, 0.15) is 36.0 Å². The lowest BCUT2D eigenvalue weighted by Crippen LogP contribution is -2.64. The molecule has 1 aromatic rings. The first-order valence-corrected chi connectivity index (χ1v) is 6.99. The topological polar surface area (TPSA) is 35.2 Å².